The van der Waals surface area contributed by atoms with Crippen molar-refractivity contribution in [3.05, 3.63) is 65.6 Å². The van der Waals surface area contributed by atoms with E-state index in [2.05, 4.69) is 53.9 Å². The molecule has 1 aliphatic rings. The molecular formula is C24H31N5O2. The summed E-state index contributed by atoms with van der Waals surface area (Å²) < 4.78 is 13.7. The normalized spacial score (nSPS) is 16.6. The molecule has 1 saturated heterocycles. The molecule has 1 fully saturated rings. The van der Waals surface area contributed by atoms with Crippen LogP contribution in [0, 0.1) is 6.92 Å². The molecule has 4 rings (SSSR count). The highest BCUT2D eigenvalue weighted by Crippen LogP contribution is 2.24. The van der Waals surface area contributed by atoms with Crippen LogP contribution in [-0.4, -0.2) is 47.8 Å². The number of hydrogen-bond donors (Lipinski definition) is 2. The van der Waals surface area contributed by atoms with Crippen LogP contribution in [-0.2, 0) is 17.7 Å². The lowest BCUT2D eigenvalue weighted by molar-refractivity contribution is 0.140. The van der Waals surface area contributed by atoms with E-state index in [0.717, 1.165) is 61.2 Å². The number of nitrogens with one attached hydrogen (secondary N) is 2. The maximum absolute atomic E-state index is 6.20. The summed E-state index contributed by atoms with van der Waals surface area (Å²) in [4.78, 5) is 9.43. The van der Waals surface area contributed by atoms with Crippen LogP contribution in [0.15, 0.2) is 53.8 Å². The summed E-state index contributed by atoms with van der Waals surface area (Å²) in [5, 5.41) is 6.74. The minimum atomic E-state index is 0.126. The maximum Gasteiger partial charge on any atom is 0.191 e. The van der Waals surface area contributed by atoms with Gasteiger partial charge in [0.15, 0.2) is 5.96 Å². The Hall–Kier alpha value is -3.06. The first-order chi connectivity index (χ1) is 15.2. The number of aryl methyl sites for hydroxylation is 1. The third kappa shape index (κ3) is 5.76. The minimum Gasteiger partial charge on any atom is -0.488 e. The Morgan fingerprint density at radius 2 is 2.23 bits per heavy atom. The number of nitrogens with zero attached hydrogens (tertiary/aromatic N) is 3. The number of rotatable bonds is 8. The maximum atomic E-state index is 6.20. The van der Waals surface area contributed by atoms with E-state index >= 15 is 0 Å². The first-order valence-corrected chi connectivity index (χ1v) is 11.0. The van der Waals surface area contributed by atoms with Crippen LogP contribution >= 0.6 is 0 Å². The molecule has 1 unspecified atom stereocenters. The third-order valence-electron chi connectivity index (χ3n) is 5.24. The number of fused-ring (bicyclic) bond motifs is 1. The summed E-state index contributed by atoms with van der Waals surface area (Å²) in [5.41, 5.74) is 4.29. The van der Waals surface area contributed by atoms with Crippen molar-refractivity contribution in [3.8, 4) is 5.75 Å². The molecule has 0 bridgehead atoms. The van der Waals surface area contributed by atoms with Gasteiger partial charge in [0.1, 0.15) is 17.5 Å². The van der Waals surface area contributed by atoms with Crippen LogP contribution < -0.4 is 15.4 Å². The fraction of sp³-hybridized carbons (Fsp3) is 0.417. The Morgan fingerprint density at radius 1 is 1.29 bits per heavy atom. The van der Waals surface area contributed by atoms with Gasteiger partial charge in [-0.25, -0.2) is 9.98 Å². The molecule has 1 aromatic carbocycles. The number of aromatic nitrogens is 2. The Labute approximate surface area is 183 Å². The van der Waals surface area contributed by atoms with Gasteiger partial charge in [0.05, 0.1) is 25.5 Å². The zero-order valence-electron chi connectivity index (χ0n) is 18.3. The molecule has 1 aliphatic heterocycles. The number of pyridine rings is 1. The van der Waals surface area contributed by atoms with Gasteiger partial charge in [-0.1, -0.05) is 18.2 Å². The number of hydrogen-bond acceptors (Lipinski definition) is 4. The minimum absolute atomic E-state index is 0.126. The van der Waals surface area contributed by atoms with E-state index in [1.54, 1.807) is 0 Å². The third-order valence-corrected chi connectivity index (χ3v) is 5.24. The summed E-state index contributed by atoms with van der Waals surface area (Å²) in [6.07, 6.45) is 5.98. The van der Waals surface area contributed by atoms with Crippen molar-refractivity contribution in [2.24, 2.45) is 4.99 Å². The molecule has 1 atom stereocenters. The van der Waals surface area contributed by atoms with E-state index in [1.807, 2.05) is 28.8 Å². The predicted molar refractivity (Wildman–Crippen MR) is 123 cm³/mol. The summed E-state index contributed by atoms with van der Waals surface area (Å²) in [6.45, 7) is 7.68. The highest BCUT2D eigenvalue weighted by molar-refractivity contribution is 5.79. The van der Waals surface area contributed by atoms with Gasteiger partial charge in [-0.3, -0.25) is 0 Å². The molecule has 0 spiro atoms. The first-order valence-electron chi connectivity index (χ1n) is 11.0. The molecule has 164 valence electrons. The molecule has 2 N–H and O–H groups in total. The Kier molecular flexibility index (Phi) is 7.04. The van der Waals surface area contributed by atoms with E-state index in [4.69, 9.17) is 14.5 Å². The van der Waals surface area contributed by atoms with E-state index in [1.165, 1.54) is 5.56 Å². The fourth-order valence-corrected chi connectivity index (χ4v) is 3.61. The molecule has 3 heterocycles. The monoisotopic (exact) mass is 421 g/mol. The summed E-state index contributed by atoms with van der Waals surface area (Å²) in [5.74, 6) is 1.70. The van der Waals surface area contributed by atoms with Crippen LogP contribution in [0.4, 0.5) is 0 Å². The standard InChI is InChI=1S/C24H31N5O2/c1-3-25-24(26-11-9-20-16-29-12-5-4-6-23(29)28-20)27-15-19-8-7-18(2)14-22(19)31-21-10-13-30-17-21/h4-8,12,14,16,21H,3,9-11,13,15,17H2,1-2H3,(H2,25,26,27). The largest absolute Gasteiger partial charge is 0.488 e. The lowest BCUT2D eigenvalue weighted by Gasteiger charge is -2.16. The van der Waals surface area contributed by atoms with Crippen LogP contribution in [0.3, 0.4) is 0 Å². The van der Waals surface area contributed by atoms with Crippen molar-refractivity contribution < 1.29 is 9.47 Å². The van der Waals surface area contributed by atoms with Crippen LogP contribution in [0.25, 0.3) is 5.65 Å². The topological polar surface area (TPSA) is 72.2 Å². The van der Waals surface area contributed by atoms with Crippen molar-refractivity contribution in [1.29, 1.82) is 0 Å². The van der Waals surface area contributed by atoms with Crippen LogP contribution in [0.2, 0.25) is 0 Å². The van der Waals surface area contributed by atoms with Crippen molar-refractivity contribution in [2.45, 2.75) is 39.3 Å². The van der Waals surface area contributed by atoms with Gasteiger partial charge in [-0.05, 0) is 37.6 Å². The second-order valence-electron chi connectivity index (χ2n) is 7.78. The fourth-order valence-electron chi connectivity index (χ4n) is 3.61. The summed E-state index contributed by atoms with van der Waals surface area (Å²) >= 11 is 0. The van der Waals surface area contributed by atoms with Gasteiger partial charge in [-0.2, -0.15) is 0 Å². The van der Waals surface area contributed by atoms with Crippen LogP contribution in [0.5, 0.6) is 5.75 Å². The number of imidazole rings is 1. The number of ether oxygens (including phenoxy) is 2. The Balaban J connectivity index is 1.38. The highest BCUT2D eigenvalue weighted by Gasteiger charge is 2.18. The van der Waals surface area contributed by atoms with Crippen LogP contribution in [0.1, 0.15) is 30.2 Å². The molecule has 2 aromatic heterocycles. The lowest BCUT2D eigenvalue weighted by Crippen LogP contribution is -2.38. The van der Waals surface area contributed by atoms with Gasteiger partial charge in [-0.15, -0.1) is 0 Å². The van der Waals surface area contributed by atoms with E-state index in [9.17, 15) is 0 Å². The molecule has 3 aromatic rings. The number of guanidine groups is 1. The predicted octanol–water partition coefficient (Wildman–Crippen LogP) is 3.11. The van der Waals surface area contributed by atoms with Gasteiger partial charge < -0.3 is 24.5 Å². The van der Waals surface area contributed by atoms with Crippen molar-refractivity contribution in [1.82, 2.24) is 20.0 Å². The van der Waals surface area contributed by atoms with Crippen molar-refractivity contribution in [2.75, 3.05) is 26.3 Å². The van der Waals surface area contributed by atoms with Gasteiger partial charge in [0.25, 0.3) is 0 Å². The summed E-state index contributed by atoms with van der Waals surface area (Å²) in [6, 6.07) is 12.3. The molecule has 0 aliphatic carbocycles. The molecule has 0 radical (unpaired) electrons. The van der Waals surface area contributed by atoms with Crippen molar-refractivity contribution in [3.63, 3.8) is 0 Å². The molecule has 0 amide bonds. The van der Waals surface area contributed by atoms with Crippen molar-refractivity contribution >= 4 is 11.6 Å². The summed E-state index contributed by atoms with van der Waals surface area (Å²) in [7, 11) is 0. The Bertz CT molecular complexity index is 991. The quantitative estimate of drug-likeness (QED) is 0.432. The Morgan fingerprint density at radius 3 is 3.03 bits per heavy atom. The second kappa shape index (κ2) is 10.3. The van der Waals surface area contributed by atoms with E-state index < -0.39 is 0 Å². The van der Waals surface area contributed by atoms with Gasteiger partial charge >= 0.3 is 0 Å². The van der Waals surface area contributed by atoms with Gasteiger partial charge in [0.2, 0.25) is 0 Å². The van der Waals surface area contributed by atoms with E-state index in [0.29, 0.717) is 13.2 Å². The van der Waals surface area contributed by atoms with E-state index in [-0.39, 0.29) is 6.10 Å². The zero-order valence-corrected chi connectivity index (χ0v) is 18.3. The molecule has 7 nitrogen and oxygen atoms in total. The molecular weight excluding hydrogens is 390 g/mol. The SMILES string of the molecule is CCNC(=NCc1ccc(C)cc1OC1CCOC1)NCCc1cn2ccccc2n1. The average Bonchev–Trinajstić information content (AvgIpc) is 3.42. The second-order valence-corrected chi connectivity index (χ2v) is 7.78. The zero-order chi connectivity index (χ0) is 21.5. The molecule has 7 heteroatoms. The number of aliphatic imine (C=N–C) groups is 1. The smallest absolute Gasteiger partial charge is 0.191 e. The highest BCUT2D eigenvalue weighted by atomic mass is 16.5. The lowest BCUT2D eigenvalue weighted by atomic mass is 10.1. The first kappa shape index (κ1) is 21.2. The number of benzene rings is 1. The molecule has 31 heavy (non-hydrogen) atoms. The average molecular weight is 422 g/mol. The van der Waals surface area contributed by atoms with Gasteiger partial charge in [0, 0.05) is 43.9 Å². The molecule has 0 saturated carbocycles.